The third-order valence-electron chi connectivity index (χ3n) is 4.16. The Kier molecular flexibility index (Phi) is 3.68. The standard InChI is InChI=1S/C18H20FNO/c1-12-10-18(15(13(2)21)11-16(12)19)20-9-5-7-14-6-3-4-8-17(14)20/h3-4,6,8,10-11,13,21H,5,7,9H2,1-2H3. The molecule has 0 radical (unpaired) electrons. The smallest absolute Gasteiger partial charge is 0.126 e. The maximum Gasteiger partial charge on any atom is 0.126 e. The first kappa shape index (κ1) is 14.1. The first-order valence-electron chi connectivity index (χ1n) is 7.41. The Morgan fingerprint density at radius 3 is 2.71 bits per heavy atom. The summed E-state index contributed by atoms with van der Waals surface area (Å²) in [6, 6.07) is 11.6. The number of hydrogen-bond donors (Lipinski definition) is 1. The molecule has 1 aliphatic heterocycles. The van der Waals surface area contributed by atoms with Crippen LogP contribution >= 0.6 is 0 Å². The highest BCUT2D eigenvalue weighted by Gasteiger charge is 2.22. The van der Waals surface area contributed by atoms with Crippen LogP contribution in [0, 0.1) is 12.7 Å². The molecule has 0 saturated carbocycles. The summed E-state index contributed by atoms with van der Waals surface area (Å²) in [5.41, 5.74) is 4.64. The molecule has 1 unspecified atom stereocenters. The van der Waals surface area contributed by atoms with Gasteiger partial charge in [-0.25, -0.2) is 4.39 Å². The van der Waals surface area contributed by atoms with Gasteiger partial charge in [0.2, 0.25) is 0 Å². The fourth-order valence-electron chi connectivity index (χ4n) is 3.03. The van der Waals surface area contributed by atoms with E-state index in [1.807, 2.05) is 18.2 Å². The van der Waals surface area contributed by atoms with E-state index in [0.29, 0.717) is 11.1 Å². The van der Waals surface area contributed by atoms with Gasteiger partial charge in [-0.3, -0.25) is 0 Å². The van der Waals surface area contributed by atoms with Crippen LogP contribution in [0.4, 0.5) is 15.8 Å². The molecule has 21 heavy (non-hydrogen) atoms. The van der Waals surface area contributed by atoms with Crippen molar-refractivity contribution in [2.24, 2.45) is 0 Å². The molecule has 1 aliphatic rings. The summed E-state index contributed by atoms with van der Waals surface area (Å²) in [6.07, 6.45) is 1.44. The quantitative estimate of drug-likeness (QED) is 0.890. The van der Waals surface area contributed by atoms with Gasteiger partial charge >= 0.3 is 0 Å². The van der Waals surface area contributed by atoms with Crippen molar-refractivity contribution in [3.63, 3.8) is 0 Å². The van der Waals surface area contributed by atoms with E-state index in [1.165, 1.54) is 11.6 Å². The van der Waals surface area contributed by atoms with E-state index in [0.717, 1.165) is 30.8 Å². The lowest BCUT2D eigenvalue weighted by Crippen LogP contribution is -2.26. The number of aliphatic hydroxyl groups is 1. The van der Waals surface area contributed by atoms with Crippen LogP contribution in [-0.2, 0) is 6.42 Å². The molecule has 2 aromatic carbocycles. The predicted octanol–water partition coefficient (Wildman–Crippen LogP) is 4.27. The molecular formula is C18H20FNO. The zero-order chi connectivity index (χ0) is 15.0. The van der Waals surface area contributed by atoms with Crippen molar-refractivity contribution in [3.8, 4) is 0 Å². The van der Waals surface area contributed by atoms with Gasteiger partial charge in [-0.05, 0) is 56.0 Å². The first-order valence-corrected chi connectivity index (χ1v) is 7.41. The summed E-state index contributed by atoms with van der Waals surface area (Å²) in [4.78, 5) is 2.20. The van der Waals surface area contributed by atoms with E-state index >= 15 is 0 Å². The molecule has 0 spiro atoms. The number of aliphatic hydroxyl groups excluding tert-OH is 1. The Labute approximate surface area is 124 Å². The van der Waals surface area contributed by atoms with Crippen LogP contribution < -0.4 is 4.90 Å². The van der Waals surface area contributed by atoms with Crippen LogP contribution in [0.3, 0.4) is 0 Å². The molecule has 2 nitrogen and oxygen atoms in total. The highest BCUT2D eigenvalue weighted by atomic mass is 19.1. The van der Waals surface area contributed by atoms with Crippen LogP contribution in [0.2, 0.25) is 0 Å². The van der Waals surface area contributed by atoms with Gasteiger partial charge in [-0.2, -0.15) is 0 Å². The zero-order valence-electron chi connectivity index (χ0n) is 12.4. The molecule has 1 heterocycles. The first-order chi connectivity index (χ1) is 10.1. The summed E-state index contributed by atoms with van der Waals surface area (Å²) < 4.78 is 13.9. The molecule has 110 valence electrons. The zero-order valence-corrected chi connectivity index (χ0v) is 12.4. The van der Waals surface area contributed by atoms with Crippen molar-refractivity contribution >= 4 is 11.4 Å². The maximum absolute atomic E-state index is 13.9. The average Bonchev–Trinajstić information content (AvgIpc) is 2.49. The molecule has 0 bridgehead atoms. The van der Waals surface area contributed by atoms with Crippen LogP contribution in [0.25, 0.3) is 0 Å². The van der Waals surface area contributed by atoms with E-state index in [-0.39, 0.29) is 5.82 Å². The number of fused-ring (bicyclic) bond motifs is 1. The summed E-state index contributed by atoms with van der Waals surface area (Å²) in [7, 11) is 0. The number of para-hydroxylation sites is 1. The number of rotatable bonds is 2. The fraction of sp³-hybridized carbons (Fsp3) is 0.333. The van der Waals surface area contributed by atoms with Gasteiger partial charge < -0.3 is 10.0 Å². The maximum atomic E-state index is 13.9. The van der Waals surface area contributed by atoms with Gasteiger partial charge in [-0.15, -0.1) is 0 Å². The second kappa shape index (κ2) is 5.49. The van der Waals surface area contributed by atoms with Gasteiger partial charge in [0.25, 0.3) is 0 Å². The van der Waals surface area contributed by atoms with Gasteiger partial charge in [0, 0.05) is 23.5 Å². The normalized spacial score (nSPS) is 15.7. The number of anilines is 2. The molecule has 0 aliphatic carbocycles. The van der Waals surface area contributed by atoms with Crippen molar-refractivity contribution in [3.05, 3.63) is 58.9 Å². The molecule has 0 amide bonds. The Morgan fingerprint density at radius 2 is 1.95 bits per heavy atom. The highest BCUT2D eigenvalue weighted by Crippen LogP contribution is 2.38. The molecule has 0 fully saturated rings. The van der Waals surface area contributed by atoms with Gasteiger partial charge in [0.1, 0.15) is 5.82 Å². The minimum atomic E-state index is -0.691. The van der Waals surface area contributed by atoms with E-state index < -0.39 is 6.10 Å². The predicted molar refractivity (Wildman–Crippen MR) is 83.5 cm³/mol. The summed E-state index contributed by atoms with van der Waals surface area (Å²) in [5, 5.41) is 10.0. The lowest BCUT2D eigenvalue weighted by molar-refractivity contribution is 0.199. The highest BCUT2D eigenvalue weighted by molar-refractivity contribution is 5.71. The van der Waals surface area contributed by atoms with Crippen LogP contribution in [0.1, 0.15) is 36.1 Å². The molecular weight excluding hydrogens is 265 g/mol. The Hall–Kier alpha value is -1.87. The van der Waals surface area contributed by atoms with Gasteiger partial charge in [0.05, 0.1) is 6.10 Å². The van der Waals surface area contributed by atoms with Crippen LogP contribution in [-0.4, -0.2) is 11.7 Å². The van der Waals surface area contributed by atoms with Crippen LogP contribution in [0.15, 0.2) is 36.4 Å². The largest absolute Gasteiger partial charge is 0.389 e. The van der Waals surface area contributed by atoms with Gasteiger partial charge in [0.15, 0.2) is 0 Å². The second-order valence-electron chi connectivity index (χ2n) is 5.72. The Bertz CT molecular complexity index is 666. The third kappa shape index (κ3) is 2.54. The SMILES string of the molecule is Cc1cc(N2CCCc3ccccc32)c(C(C)O)cc1F. The average molecular weight is 285 g/mol. The number of hydrogen-bond acceptors (Lipinski definition) is 2. The second-order valence-corrected chi connectivity index (χ2v) is 5.72. The third-order valence-corrected chi connectivity index (χ3v) is 4.16. The molecule has 1 N–H and O–H groups in total. The Morgan fingerprint density at radius 1 is 1.19 bits per heavy atom. The molecule has 3 heteroatoms. The van der Waals surface area contributed by atoms with E-state index in [4.69, 9.17) is 0 Å². The minimum Gasteiger partial charge on any atom is -0.389 e. The monoisotopic (exact) mass is 285 g/mol. The van der Waals surface area contributed by atoms with Crippen molar-refractivity contribution < 1.29 is 9.50 Å². The van der Waals surface area contributed by atoms with Crippen molar-refractivity contribution in [2.75, 3.05) is 11.4 Å². The summed E-state index contributed by atoms with van der Waals surface area (Å²) in [6.45, 7) is 4.34. The van der Waals surface area contributed by atoms with Gasteiger partial charge in [-0.1, -0.05) is 18.2 Å². The van der Waals surface area contributed by atoms with Crippen molar-refractivity contribution in [2.45, 2.75) is 32.8 Å². The lowest BCUT2D eigenvalue weighted by atomic mass is 9.98. The van der Waals surface area contributed by atoms with Crippen molar-refractivity contribution in [1.82, 2.24) is 0 Å². The van der Waals surface area contributed by atoms with Crippen LogP contribution in [0.5, 0.6) is 0 Å². The summed E-state index contributed by atoms with van der Waals surface area (Å²) in [5.74, 6) is -0.264. The van der Waals surface area contributed by atoms with E-state index in [2.05, 4.69) is 17.0 Å². The fourth-order valence-corrected chi connectivity index (χ4v) is 3.03. The number of halogens is 1. The van der Waals surface area contributed by atoms with E-state index in [1.54, 1.807) is 13.8 Å². The molecule has 0 saturated heterocycles. The molecule has 2 aromatic rings. The van der Waals surface area contributed by atoms with E-state index in [9.17, 15) is 9.50 Å². The molecule has 1 atom stereocenters. The lowest BCUT2D eigenvalue weighted by Gasteiger charge is -2.33. The van der Waals surface area contributed by atoms with Crippen molar-refractivity contribution in [1.29, 1.82) is 0 Å². The number of nitrogens with zero attached hydrogens (tertiary/aromatic N) is 1. The number of benzene rings is 2. The minimum absolute atomic E-state index is 0.264. The topological polar surface area (TPSA) is 23.5 Å². The molecule has 3 rings (SSSR count). The number of aryl methyl sites for hydroxylation is 2. The summed E-state index contributed by atoms with van der Waals surface area (Å²) >= 11 is 0. The Balaban J connectivity index is 2.15. The molecule has 0 aromatic heterocycles.